The van der Waals surface area contributed by atoms with Gasteiger partial charge >= 0.3 is 0 Å². The molecular formula is C11H17N3OS2. The summed E-state index contributed by atoms with van der Waals surface area (Å²) < 4.78 is 0. The molecule has 0 aliphatic rings. The molecule has 0 spiro atoms. The van der Waals surface area contributed by atoms with Gasteiger partial charge in [-0.1, -0.05) is 19.1 Å². The Bertz CT molecular complexity index is 417. The summed E-state index contributed by atoms with van der Waals surface area (Å²) in [4.78, 5) is 19.3. The maximum atomic E-state index is 12.1. The van der Waals surface area contributed by atoms with Crippen molar-refractivity contribution in [2.75, 3.05) is 7.05 Å². The van der Waals surface area contributed by atoms with Crippen LogP contribution < -0.4 is 5.73 Å². The average molecular weight is 271 g/mol. The van der Waals surface area contributed by atoms with Crippen LogP contribution in [-0.4, -0.2) is 27.8 Å². The summed E-state index contributed by atoms with van der Waals surface area (Å²) in [5, 5.41) is 0. The fourth-order valence-electron chi connectivity index (χ4n) is 1.53. The van der Waals surface area contributed by atoms with Gasteiger partial charge in [0, 0.05) is 11.9 Å². The number of nitrogens with two attached hydrogens (primary N) is 1. The molecule has 6 heteroatoms. The number of nitrogens with zero attached hydrogens (tertiary/aromatic N) is 2. The molecule has 0 radical (unpaired) electrons. The summed E-state index contributed by atoms with van der Waals surface area (Å²) >= 11 is 6.46. The number of amides is 1. The van der Waals surface area contributed by atoms with Crippen molar-refractivity contribution in [3.63, 3.8) is 0 Å². The van der Waals surface area contributed by atoms with Crippen LogP contribution in [0.15, 0.2) is 5.51 Å². The standard InChI is InChI=1S/C11H17N3OS2/c1-4-8(10(12)16)11(15)14(3)5-9-7(2)13-6-17-9/h6,8H,4-5H2,1-3H3,(H2,12,16). The van der Waals surface area contributed by atoms with Crippen LogP contribution in [0.2, 0.25) is 0 Å². The van der Waals surface area contributed by atoms with Crippen LogP contribution in [-0.2, 0) is 11.3 Å². The van der Waals surface area contributed by atoms with Gasteiger partial charge in [0.25, 0.3) is 0 Å². The lowest BCUT2D eigenvalue weighted by molar-refractivity contribution is -0.132. The van der Waals surface area contributed by atoms with Crippen LogP contribution in [0.4, 0.5) is 0 Å². The first-order valence-corrected chi connectivity index (χ1v) is 6.69. The second-order valence-corrected chi connectivity index (χ2v) is 5.33. The minimum absolute atomic E-state index is 0.0206. The van der Waals surface area contributed by atoms with E-state index in [-0.39, 0.29) is 16.8 Å². The first kappa shape index (κ1) is 14.1. The molecule has 0 aromatic carbocycles. The molecule has 4 nitrogen and oxygen atoms in total. The third kappa shape index (κ3) is 3.47. The number of carbonyl (C=O) groups is 1. The Balaban J connectivity index is 2.70. The molecule has 0 saturated carbocycles. The highest BCUT2D eigenvalue weighted by Crippen LogP contribution is 2.16. The Morgan fingerprint density at radius 2 is 2.35 bits per heavy atom. The maximum Gasteiger partial charge on any atom is 0.232 e. The molecule has 1 heterocycles. The lowest BCUT2D eigenvalue weighted by Crippen LogP contribution is -2.38. The number of hydrogen-bond acceptors (Lipinski definition) is 4. The zero-order valence-corrected chi connectivity index (χ0v) is 11.9. The third-order valence-electron chi connectivity index (χ3n) is 2.65. The van der Waals surface area contributed by atoms with Crippen molar-refractivity contribution in [1.82, 2.24) is 9.88 Å². The molecule has 17 heavy (non-hydrogen) atoms. The predicted molar refractivity (Wildman–Crippen MR) is 73.9 cm³/mol. The molecular weight excluding hydrogens is 254 g/mol. The van der Waals surface area contributed by atoms with Crippen molar-refractivity contribution in [1.29, 1.82) is 0 Å². The molecule has 1 aromatic rings. The highest BCUT2D eigenvalue weighted by atomic mass is 32.1. The molecule has 0 saturated heterocycles. The summed E-state index contributed by atoms with van der Waals surface area (Å²) in [6.07, 6.45) is 0.639. The normalized spacial score (nSPS) is 12.2. The predicted octanol–water partition coefficient (Wildman–Crippen LogP) is 1.72. The highest BCUT2D eigenvalue weighted by molar-refractivity contribution is 7.80. The SMILES string of the molecule is CCC(C(=O)N(C)Cc1scnc1C)C(N)=S. The van der Waals surface area contributed by atoms with Gasteiger partial charge in [-0.15, -0.1) is 11.3 Å². The van der Waals surface area contributed by atoms with E-state index in [0.717, 1.165) is 10.6 Å². The Hall–Kier alpha value is -1.01. The molecule has 2 N–H and O–H groups in total. The molecule has 1 atom stereocenters. The van der Waals surface area contributed by atoms with E-state index in [4.69, 9.17) is 18.0 Å². The number of carbonyl (C=O) groups excluding carboxylic acids is 1. The van der Waals surface area contributed by atoms with Gasteiger partial charge in [-0.3, -0.25) is 4.79 Å². The van der Waals surface area contributed by atoms with Gasteiger partial charge < -0.3 is 10.6 Å². The van der Waals surface area contributed by atoms with Crippen LogP contribution in [0.3, 0.4) is 0 Å². The van der Waals surface area contributed by atoms with E-state index in [1.807, 2.05) is 13.8 Å². The minimum atomic E-state index is -0.358. The lowest BCUT2D eigenvalue weighted by Gasteiger charge is -2.21. The number of rotatable bonds is 5. The van der Waals surface area contributed by atoms with E-state index in [0.29, 0.717) is 13.0 Å². The summed E-state index contributed by atoms with van der Waals surface area (Å²) in [7, 11) is 1.77. The van der Waals surface area contributed by atoms with Crippen LogP contribution in [0.25, 0.3) is 0 Å². The molecule has 94 valence electrons. The third-order valence-corrected chi connectivity index (χ3v) is 3.86. The van der Waals surface area contributed by atoms with E-state index in [2.05, 4.69) is 4.98 Å². The fraction of sp³-hybridized carbons (Fsp3) is 0.545. The number of thiocarbonyl (C=S) groups is 1. The molecule has 0 fully saturated rings. The van der Waals surface area contributed by atoms with Crippen molar-refractivity contribution < 1.29 is 4.79 Å². The number of aryl methyl sites for hydroxylation is 1. The van der Waals surface area contributed by atoms with Crippen molar-refractivity contribution in [2.24, 2.45) is 11.7 Å². The van der Waals surface area contributed by atoms with Gasteiger partial charge in [-0.2, -0.15) is 0 Å². The van der Waals surface area contributed by atoms with Crippen molar-refractivity contribution in [3.8, 4) is 0 Å². The van der Waals surface area contributed by atoms with Crippen molar-refractivity contribution >= 4 is 34.5 Å². The van der Waals surface area contributed by atoms with E-state index in [9.17, 15) is 4.79 Å². The van der Waals surface area contributed by atoms with E-state index in [1.54, 1.807) is 28.8 Å². The zero-order valence-electron chi connectivity index (χ0n) is 10.3. The molecule has 0 bridgehead atoms. The van der Waals surface area contributed by atoms with E-state index in [1.165, 1.54) is 0 Å². The second kappa shape index (κ2) is 6.07. The van der Waals surface area contributed by atoms with Crippen LogP contribution >= 0.6 is 23.6 Å². The summed E-state index contributed by atoms with van der Waals surface area (Å²) in [5.74, 6) is -0.379. The second-order valence-electron chi connectivity index (χ2n) is 3.92. The summed E-state index contributed by atoms with van der Waals surface area (Å²) in [6, 6.07) is 0. The Labute approximate surface area is 111 Å². The van der Waals surface area contributed by atoms with E-state index >= 15 is 0 Å². The van der Waals surface area contributed by atoms with E-state index < -0.39 is 0 Å². The number of aromatic nitrogens is 1. The first-order chi connectivity index (χ1) is 7.97. The van der Waals surface area contributed by atoms with Gasteiger partial charge in [0.15, 0.2) is 0 Å². The quantitative estimate of drug-likeness (QED) is 0.829. The monoisotopic (exact) mass is 271 g/mol. The molecule has 1 amide bonds. The summed E-state index contributed by atoms with van der Waals surface area (Å²) in [5.41, 5.74) is 8.32. The molecule has 1 unspecified atom stereocenters. The van der Waals surface area contributed by atoms with Gasteiger partial charge in [0.05, 0.1) is 28.7 Å². The number of thiazole rings is 1. The van der Waals surface area contributed by atoms with Gasteiger partial charge in [0.1, 0.15) is 0 Å². The van der Waals surface area contributed by atoms with Gasteiger partial charge in [0.2, 0.25) is 5.91 Å². The van der Waals surface area contributed by atoms with Crippen molar-refractivity contribution in [3.05, 3.63) is 16.1 Å². The average Bonchev–Trinajstić information content (AvgIpc) is 2.64. The lowest BCUT2D eigenvalue weighted by atomic mass is 10.1. The molecule has 1 rings (SSSR count). The largest absolute Gasteiger partial charge is 0.393 e. The molecule has 1 aromatic heterocycles. The van der Waals surface area contributed by atoms with Crippen LogP contribution in [0.5, 0.6) is 0 Å². The molecule has 0 aliphatic heterocycles. The first-order valence-electron chi connectivity index (χ1n) is 5.40. The van der Waals surface area contributed by atoms with Crippen LogP contribution in [0, 0.1) is 12.8 Å². The zero-order chi connectivity index (χ0) is 13.0. The Kier molecular flexibility index (Phi) is 5.02. The van der Waals surface area contributed by atoms with Crippen LogP contribution in [0.1, 0.15) is 23.9 Å². The van der Waals surface area contributed by atoms with Gasteiger partial charge in [-0.25, -0.2) is 4.98 Å². The molecule has 0 aliphatic carbocycles. The minimum Gasteiger partial charge on any atom is -0.393 e. The van der Waals surface area contributed by atoms with Crippen molar-refractivity contribution in [2.45, 2.75) is 26.8 Å². The Morgan fingerprint density at radius 1 is 1.71 bits per heavy atom. The van der Waals surface area contributed by atoms with Gasteiger partial charge in [-0.05, 0) is 13.3 Å². The summed E-state index contributed by atoms with van der Waals surface area (Å²) in [6.45, 7) is 4.41. The highest BCUT2D eigenvalue weighted by Gasteiger charge is 2.23. The fourth-order valence-corrected chi connectivity index (χ4v) is 2.63. The maximum absolute atomic E-state index is 12.1. The Morgan fingerprint density at radius 3 is 2.76 bits per heavy atom. The number of hydrogen-bond donors (Lipinski definition) is 1. The smallest absolute Gasteiger partial charge is 0.232 e. The topological polar surface area (TPSA) is 59.2 Å².